The highest BCUT2D eigenvalue weighted by molar-refractivity contribution is 5.42. The van der Waals surface area contributed by atoms with Gasteiger partial charge in [0.2, 0.25) is 0 Å². The van der Waals surface area contributed by atoms with Gasteiger partial charge in [-0.15, -0.1) is 12.3 Å². The molecule has 1 N–H and O–H groups in total. The van der Waals surface area contributed by atoms with Crippen molar-refractivity contribution < 1.29 is 9.47 Å². The van der Waals surface area contributed by atoms with Crippen LogP contribution in [0.1, 0.15) is 25.5 Å². The molecule has 0 aliphatic heterocycles. The molecule has 1 aromatic heterocycles. The van der Waals surface area contributed by atoms with Crippen LogP contribution in [-0.2, 0) is 6.54 Å². The van der Waals surface area contributed by atoms with Gasteiger partial charge >= 0.3 is 0 Å². The van der Waals surface area contributed by atoms with Crippen LogP contribution < -0.4 is 14.8 Å². The molecule has 1 rings (SSSR count). The second-order valence-corrected chi connectivity index (χ2v) is 3.89. The van der Waals surface area contributed by atoms with E-state index in [-0.39, 0.29) is 0 Å². The molecule has 0 saturated heterocycles. The lowest BCUT2D eigenvalue weighted by Gasteiger charge is -2.16. The Hall–Kier alpha value is -1.73. The van der Waals surface area contributed by atoms with E-state index in [4.69, 9.17) is 15.9 Å². The van der Waals surface area contributed by atoms with Gasteiger partial charge in [-0.3, -0.25) is 4.98 Å². The first-order valence-corrected chi connectivity index (χ1v) is 5.99. The molecule has 0 aliphatic rings. The first kappa shape index (κ1) is 14.3. The van der Waals surface area contributed by atoms with E-state index < -0.39 is 0 Å². The average molecular weight is 248 g/mol. The van der Waals surface area contributed by atoms with Crippen LogP contribution in [0.3, 0.4) is 0 Å². The molecule has 1 atom stereocenters. The highest BCUT2D eigenvalue weighted by atomic mass is 16.5. The SMILES string of the molecule is C#CCC(CC)NCc1nccc(OC)c1OC. The molecule has 4 heteroatoms. The van der Waals surface area contributed by atoms with Crippen LogP contribution in [0.25, 0.3) is 0 Å². The van der Waals surface area contributed by atoms with Crippen LogP contribution in [0.2, 0.25) is 0 Å². The van der Waals surface area contributed by atoms with E-state index in [1.54, 1.807) is 26.5 Å². The van der Waals surface area contributed by atoms with Gasteiger partial charge in [0.25, 0.3) is 0 Å². The van der Waals surface area contributed by atoms with E-state index in [2.05, 4.69) is 23.1 Å². The number of aromatic nitrogens is 1. The standard InChI is InChI=1S/C14H20N2O2/c1-5-7-11(6-2)16-10-12-14(18-4)13(17-3)8-9-15-12/h1,8-9,11,16H,6-7,10H2,2-4H3. The molecule has 0 amide bonds. The fraction of sp³-hybridized carbons (Fsp3) is 0.500. The third-order valence-corrected chi connectivity index (χ3v) is 2.78. The number of nitrogens with one attached hydrogen (secondary N) is 1. The summed E-state index contributed by atoms with van der Waals surface area (Å²) >= 11 is 0. The van der Waals surface area contributed by atoms with E-state index >= 15 is 0 Å². The van der Waals surface area contributed by atoms with E-state index in [1.807, 2.05) is 0 Å². The summed E-state index contributed by atoms with van der Waals surface area (Å²) in [5, 5.41) is 3.37. The number of methoxy groups -OCH3 is 2. The summed E-state index contributed by atoms with van der Waals surface area (Å²) in [4.78, 5) is 4.31. The Balaban J connectivity index is 2.75. The zero-order chi connectivity index (χ0) is 13.4. The molecule has 0 radical (unpaired) electrons. The lowest BCUT2D eigenvalue weighted by Crippen LogP contribution is -2.28. The number of hydrogen-bond acceptors (Lipinski definition) is 4. The van der Waals surface area contributed by atoms with Crippen molar-refractivity contribution >= 4 is 0 Å². The van der Waals surface area contributed by atoms with Crippen molar-refractivity contribution in [2.75, 3.05) is 14.2 Å². The van der Waals surface area contributed by atoms with Gasteiger partial charge in [0.05, 0.1) is 19.9 Å². The maximum absolute atomic E-state index is 5.33. The van der Waals surface area contributed by atoms with Crippen molar-refractivity contribution in [2.45, 2.75) is 32.4 Å². The quantitative estimate of drug-likeness (QED) is 0.749. The first-order valence-electron chi connectivity index (χ1n) is 5.99. The minimum Gasteiger partial charge on any atom is -0.493 e. The monoisotopic (exact) mass is 248 g/mol. The van der Waals surface area contributed by atoms with Crippen LogP contribution in [0.15, 0.2) is 12.3 Å². The molecule has 0 fully saturated rings. The molecule has 1 aromatic rings. The van der Waals surface area contributed by atoms with Crippen molar-refractivity contribution in [3.05, 3.63) is 18.0 Å². The molecule has 18 heavy (non-hydrogen) atoms. The van der Waals surface area contributed by atoms with Crippen molar-refractivity contribution in [1.82, 2.24) is 10.3 Å². The van der Waals surface area contributed by atoms with Gasteiger partial charge in [-0.05, 0) is 6.42 Å². The van der Waals surface area contributed by atoms with Crippen LogP contribution in [0.5, 0.6) is 11.5 Å². The molecule has 98 valence electrons. The molecule has 0 bridgehead atoms. The van der Waals surface area contributed by atoms with Crippen molar-refractivity contribution in [3.63, 3.8) is 0 Å². The van der Waals surface area contributed by atoms with Gasteiger partial charge < -0.3 is 14.8 Å². The Labute approximate surface area is 109 Å². The van der Waals surface area contributed by atoms with E-state index in [9.17, 15) is 0 Å². The van der Waals surface area contributed by atoms with Crippen LogP contribution >= 0.6 is 0 Å². The Bertz CT molecular complexity index is 413. The number of rotatable bonds is 7. The summed E-state index contributed by atoms with van der Waals surface area (Å²) in [5.41, 5.74) is 0.826. The Morgan fingerprint density at radius 1 is 1.44 bits per heavy atom. The third kappa shape index (κ3) is 3.64. The summed E-state index contributed by atoms with van der Waals surface area (Å²) in [6.45, 7) is 2.71. The minimum atomic E-state index is 0.299. The van der Waals surface area contributed by atoms with Gasteiger partial charge in [0.1, 0.15) is 0 Å². The third-order valence-electron chi connectivity index (χ3n) is 2.78. The van der Waals surface area contributed by atoms with Gasteiger partial charge in [-0.2, -0.15) is 0 Å². The maximum Gasteiger partial charge on any atom is 0.183 e. The second-order valence-electron chi connectivity index (χ2n) is 3.89. The summed E-state index contributed by atoms with van der Waals surface area (Å²) in [5.74, 6) is 4.03. The zero-order valence-corrected chi connectivity index (χ0v) is 11.2. The number of nitrogens with zero attached hydrogens (tertiary/aromatic N) is 1. The molecule has 4 nitrogen and oxygen atoms in total. The first-order chi connectivity index (χ1) is 8.76. The summed E-state index contributed by atoms with van der Waals surface area (Å²) in [7, 11) is 3.23. The Kier molecular flexibility index (Phi) is 6.03. The maximum atomic E-state index is 5.33. The fourth-order valence-corrected chi connectivity index (χ4v) is 1.72. The van der Waals surface area contributed by atoms with Crippen molar-refractivity contribution in [1.29, 1.82) is 0 Å². The van der Waals surface area contributed by atoms with Crippen LogP contribution in [0.4, 0.5) is 0 Å². The topological polar surface area (TPSA) is 43.4 Å². The lowest BCUT2D eigenvalue weighted by molar-refractivity contribution is 0.346. The summed E-state index contributed by atoms with van der Waals surface area (Å²) in [6, 6.07) is 2.08. The largest absolute Gasteiger partial charge is 0.493 e. The number of terminal acetylenes is 1. The number of pyridine rings is 1. The van der Waals surface area contributed by atoms with Gasteiger partial charge in [0, 0.05) is 31.3 Å². The normalized spacial score (nSPS) is 11.7. The molecule has 0 aromatic carbocycles. The van der Waals surface area contributed by atoms with Crippen LogP contribution in [-0.4, -0.2) is 25.2 Å². The van der Waals surface area contributed by atoms with E-state index in [0.717, 1.165) is 12.1 Å². The van der Waals surface area contributed by atoms with Crippen molar-refractivity contribution in [3.8, 4) is 23.8 Å². The zero-order valence-electron chi connectivity index (χ0n) is 11.2. The average Bonchev–Trinajstić information content (AvgIpc) is 2.42. The molecule has 0 spiro atoms. The molecule has 1 unspecified atom stereocenters. The second kappa shape index (κ2) is 7.57. The molecular formula is C14H20N2O2. The number of hydrogen-bond donors (Lipinski definition) is 1. The van der Waals surface area contributed by atoms with E-state index in [1.165, 1.54) is 0 Å². The summed E-state index contributed by atoms with van der Waals surface area (Å²) in [6.07, 6.45) is 8.73. The summed E-state index contributed by atoms with van der Waals surface area (Å²) < 4.78 is 10.6. The molecular weight excluding hydrogens is 228 g/mol. The Morgan fingerprint density at radius 3 is 2.78 bits per heavy atom. The van der Waals surface area contributed by atoms with E-state index in [0.29, 0.717) is 30.5 Å². The fourth-order valence-electron chi connectivity index (χ4n) is 1.72. The number of ether oxygens (including phenoxy) is 2. The molecule has 0 aliphatic carbocycles. The minimum absolute atomic E-state index is 0.299. The van der Waals surface area contributed by atoms with Crippen molar-refractivity contribution in [2.24, 2.45) is 0 Å². The Morgan fingerprint density at radius 2 is 2.22 bits per heavy atom. The van der Waals surface area contributed by atoms with Gasteiger partial charge in [-0.1, -0.05) is 6.92 Å². The lowest BCUT2D eigenvalue weighted by atomic mass is 10.1. The molecule has 1 heterocycles. The predicted molar refractivity (Wildman–Crippen MR) is 71.7 cm³/mol. The predicted octanol–water partition coefficient (Wildman–Crippen LogP) is 1.99. The smallest absolute Gasteiger partial charge is 0.183 e. The van der Waals surface area contributed by atoms with Gasteiger partial charge in [-0.25, -0.2) is 0 Å². The van der Waals surface area contributed by atoms with Gasteiger partial charge in [0.15, 0.2) is 11.5 Å². The highest BCUT2D eigenvalue weighted by Gasteiger charge is 2.12. The van der Waals surface area contributed by atoms with Crippen LogP contribution in [0, 0.1) is 12.3 Å². The molecule has 0 saturated carbocycles. The highest BCUT2D eigenvalue weighted by Crippen LogP contribution is 2.28.